The largest absolute Gasteiger partial charge is 0.247 e. The molecule has 22 heavy (non-hydrogen) atoms. The van der Waals surface area contributed by atoms with Crippen LogP contribution in [0.25, 0.3) is 0 Å². The SMILES string of the molecule is [c]1cccc2c1N=c1cc3c(cc1S2)=Nc1ccccc1S3. The van der Waals surface area contributed by atoms with Crippen molar-refractivity contribution < 1.29 is 0 Å². The molecule has 4 heteroatoms. The van der Waals surface area contributed by atoms with Gasteiger partial charge in [0.25, 0.3) is 0 Å². The first-order valence-corrected chi connectivity index (χ1v) is 8.57. The quantitative estimate of drug-likeness (QED) is 0.425. The molecule has 2 aliphatic rings. The number of rotatable bonds is 0. The number of para-hydroxylation sites is 2. The Morgan fingerprint density at radius 1 is 0.727 bits per heavy atom. The summed E-state index contributed by atoms with van der Waals surface area (Å²) in [6.07, 6.45) is 0. The Balaban J connectivity index is 1.76. The molecule has 0 spiro atoms. The molecular formula is C18H9N2S2. The van der Waals surface area contributed by atoms with Gasteiger partial charge in [0.05, 0.1) is 22.1 Å². The van der Waals surface area contributed by atoms with Crippen molar-refractivity contribution in [2.24, 2.45) is 9.98 Å². The second-order valence-corrected chi connectivity index (χ2v) is 7.23. The molecule has 0 aromatic heterocycles. The molecule has 0 atom stereocenters. The van der Waals surface area contributed by atoms with Crippen molar-refractivity contribution in [2.45, 2.75) is 19.6 Å². The van der Waals surface area contributed by atoms with Gasteiger partial charge in [0.2, 0.25) is 0 Å². The lowest BCUT2D eigenvalue weighted by Crippen LogP contribution is -2.17. The number of hydrogen-bond donors (Lipinski definition) is 0. The van der Waals surface area contributed by atoms with Gasteiger partial charge in [-0.1, -0.05) is 47.8 Å². The molecule has 3 aromatic rings. The summed E-state index contributed by atoms with van der Waals surface area (Å²) in [6.45, 7) is 0. The van der Waals surface area contributed by atoms with Crippen LogP contribution in [0.1, 0.15) is 0 Å². The molecule has 0 saturated carbocycles. The lowest BCUT2D eigenvalue weighted by Gasteiger charge is -2.15. The van der Waals surface area contributed by atoms with Gasteiger partial charge < -0.3 is 0 Å². The molecule has 2 heterocycles. The van der Waals surface area contributed by atoms with Crippen LogP contribution in [-0.4, -0.2) is 0 Å². The van der Waals surface area contributed by atoms with Crippen LogP contribution in [-0.2, 0) is 0 Å². The molecule has 0 unspecified atom stereocenters. The molecule has 0 fully saturated rings. The fourth-order valence-electron chi connectivity index (χ4n) is 2.58. The highest BCUT2D eigenvalue weighted by Gasteiger charge is 2.16. The maximum Gasteiger partial charge on any atom is 0.0855 e. The third-order valence-corrected chi connectivity index (χ3v) is 5.82. The van der Waals surface area contributed by atoms with Crippen LogP contribution < -0.4 is 10.7 Å². The van der Waals surface area contributed by atoms with E-state index >= 15 is 0 Å². The molecule has 0 bridgehead atoms. The highest BCUT2D eigenvalue weighted by molar-refractivity contribution is 8.00. The Hall–Kier alpha value is -2.04. The summed E-state index contributed by atoms with van der Waals surface area (Å²) in [7, 11) is 0. The van der Waals surface area contributed by atoms with Crippen LogP contribution in [0.4, 0.5) is 11.4 Å². The molecule has 2 aliphatic heterocycles. The zero-order chi connectivity index (χ0) is 14.5. The van der Waals surface area contributed by atoms with Gasteiger partial charge in [0.1, 0.15) is 0 Å². The highest BCUT2D eigenvalue weighted by Crippen LogP contribution is 2.39. The van der Waals surface area contributed by atoms with Gasteiger partial charge in [-0.15, -0.1) is 0 Å². The van der Waals surface area contributed by atoms with Gasteiger partial charge in [0.15, 0.2) is 0 Å². The standard InChI is InChI=1S/C18H9N2S2/c1-3-7-15-11(5-1)19-13-9-18-14(10-17(13)21-15)20-12-6-2-4-8-16(12)22-18/h1-5,7-10H. The van der Waals surface area contributed by atoms with Gasteiger partial charge in [-0.2, -0.15) is 0 Å². The van der Waals surface area contributed by atoms with E-state index in [4.69, 9.17) is 9.98 Å². The molecule has 3 aromatic carbocycles. The Labute approximate surface area is 136 Å². The van der Waals surface area contributed by atoms with Gasteiger partial charge in [0, 0.05) is 25.6 Å². The molecule has 2 nitrogen and oxygen atoms in total. The summed E-state index contributed by atoms with van der Waals surface area (Å²) in [5.41, 5.74) is 1.98. The van der Waals surface area contributed by atoms with E-state index in [1.54, 1.807) is 23.5 Å². The van der Waals surface area contributed by atoms with Crippen molar-refractivity contribution in [1.29, 1.82) is 0 Å². The fraction of sp³-hybridized carbons (Fsp3) is 0. The minimum absolute atomic E-state index is 0.929. The maximum atomic E-state index is 4.79. The first kappa shape index (κ1) is 12.5. The van der Waals surface area contributed by atoms with E-state index in [0.29, 0.717) is 0 Å². The first-order chi connectivity index (χ1) is 10.9. The van der Waals surface area contributed by atoms with E-state index in [2.05, 4.69) is 42.5 Å². The second kappa shape index (κ2) is 4.73. The maximum absolute atomic E-state index is 4.79. The summed E-state index contributed by atoms with van der Waals surface area (Å²) in [5.74, 6) is 0. The number of nitrogens with zero attached hydrogens (tertiary/aromatic N) is 2. The minimum Gasteiger partial charge on any atom is -0.247 e. The van der Waals surface area contributed by atoms with Crippen LogP contribution >= 0.6 is 23.5 Å². The molecule has 0 N–H and O–H groups in total. The van der Waals surface area contributed by atoms with Crippen molar-refractivity contribution in [3.63, 3.8) is 0 Å². The van der Waals surface area contributed by atoms with E-state index in [9.17, 15) is 0 Å². The third-order valence-electron chi connectivity index (χ3n) is 3.62. The third kappa shape index (κ3) is 1.91. The smallest absolute Gasteiger partial charge is 0.0855 e. The van der Waals surface area contributed by atoms with Gasteiger partial charge >= 0.3 is 0 Å². The van der Waals surface area contributed by atoms with E-state index in [1.807, 2.05) is 18.2 Å². The first-order valence-electron chi connectivity index (χ1n) is 6.94. The molecule has 103 valence electrons. The Morgan fingerprint density at radius 2 is 1.45 bits per heavy atom. The van der Waals surface area contributed by atoms with Gasteiger partial charge in [-0.3, -0.25) is 0 Å². The van der Waals surface area contributed by atoms with E-state index < -0.39 is 0 Å². The molecule has 0 saturated heterocycles. The Morgan fingerprint density at radius 3 is 2.36 bits per heavy atom. The molecule has 0 amide bonds. The monoisotopic (exact) mass is 317 g/mol. The Bertz CT molecular complexity index is 956. The summed E-state index contributed by atoms with van der Waals surface area (Å²) in [4.78, 5) is 14.2. The predicted octanol–water partition coefficient (Wildman–Crippen LogP) is 4.32. The van der Waals surface area contributed by atoms with Crippen molar-refractivity contribution >= 4 is 34.9 Å². The van der Waals surface area contributed by atoms with Crippen LogP contribution in [0.5, 0.6) is 0 Å². The van der Waals surface area contributed by atoms with E-state index in [0.717, 1.165) is 31.9 Å². The van der Waals surface area contributed by atoms with Crippen LogP contribution in [0, 0.1) is 6.07 Å². The van der Waals surface area contributed by atoms with Crippen LogP contribution in [0.2, 0.25) is 0 Å². The number of hydrogen-bond acceptors (Lipinski definition) is 4. The van der Waals surface area contributed by atoms with Crippen molar-refractivity contribution in [2.75, 3.05) is 0 Å². The molecule has 5 rings (SSSR count). The van der Waals surface area contributed by atoms with Crippen LogP contribution in [0.3, 0.4) is 0 Å². The van der Waals surface area contributed by atoms with E-state index in [-0.39, 0.29) is 0 Å². The van der Waals surface area contributed by atoms with Crippen molar-refractivity contribution in [1.82, 2.24) is 0 Å². The van der Waals surface area contributed by atoms with Crippen molar-refractivity contribution in [3.05, 3.63) is 71.4 Å². The molecular weight excluding hydrogens is 308 g/mol. The Kier molecular flexibility index (Phi) is 2.69. The topological polar surface area (TPSA) is 24.7 Å². The fourth-order valence-corrected chi connectivity index (χ4v) is 4.53. The normalized spacial score (nSPS) is 13.8. The molecule has 1 radical (unpaired) electrons. The lowest BCUT2D eigenvalue weighted by atomic mass is 10.2. The van der Waals surface area contributed by atoms with Gasteiger partial charge in [-0.25, -0.2) is 9.98 Å². The average molecular weight is 317 g/mol. The lowest BCUT2D eigenvalue weighted by molar-refractivity contribution is 1.07. The second-order valence-electron chi connectivity index (χ2n) is 5.07. The molecule has 0 aliphatic carbocycles. The van der Waals surface area contributed by atoms with E-state index in [1.165, 1.54) is 9.79 Å². The van der Waals surface area contributed by atoms with Gasteiger partial charge in [-0.05, 0) is 30.3 Å². The average Bonchev–Trinajstić information content (AvgIpc) is 2.56. The summed E-state index contributed by atoms with van der Waals surface area (Å²) in [5, 5.41) is 2.05. The minimum atomic E-state index is 0.929. The summed E-state index contributed by atoms with van der Waals surface area (Å²) < 4.78 is 0. The number of fused-ring (bicyclic) bond motifs is 4. The zero-order valence-corrected chi connectivity index (χ0v) is 13.0. The van der Waals surface area contributed by atoms with Crippen molar-refractivity contribution in [3.8, 4) is 0 Å². The summed E-state index contributed by atoms with van der Waals surface area (Å²) in [6, 6.07) is 21.8. The van der Waals surface area contributed by atoms with Crippen LogP contribution in [0.15, 0.2) is 84.2 Å². The zero-order valence-electron chi connectivity index (χ0n) is 11.4. The predicted molar refractivity (Wildman–Crippen MR) is 88.0 cm³/mol. The summed E-state index contributed by atoms with van der Waals surface area (Å²) >= 11 is 3.51. The highest BCUT2D eigenvalue weighted by atomic mass is 32.2. The number of benzene rings is 3.